The van der Waals surface area contributed by atoms with Gasteiger partial charge in [0.25, 0.3) is 11.8 Å². The van der Waals surface area contributed by atoms with Crippen LogP contribution in [-0.4, -0.2) is 95.4 Å². The van der Waals surface area contributed by atoms with Crippen molar-refractivity contribution in [1.82, 2.24) is 20.1 Å². The molecule has 11 heteroatoms. The van der Waals surface area contributed by atoms with Crippen LogP contribution >= 0.6 is 0 Å². The van der Waals surface area contributed by atoms with Gasteiger partial charge in [0.1, 0.15) is 5.75 Å². The number of nitrogens with zero attached hydrogens (tertiary/aromatic N) is 3. The molecule has 0 saturated carbocycles. The van der Waals surface area contributed by atoms with Gasteiger partial charge in [-0.2, -0.15) is 0 Å². The predicted molar refractivity (Wildman–Crippen MR) is 165 cm³/mol. The van der Waals surface area contributed by atoms with Crippen LogP contribution < -0.4 is 15.4 Å². The second kappa shape index (κ2) is 16.2. The number of pyridine rings is 1. The van der Waals surface area contributed by atoms with Crippen molar-refractivity contribution < 1.29 is 29.0 Å². The highest BCUT2D eigenvalue weighted by Crippen LogP contribution is 2.28. The van der Waals surface area contributed by atoms with Gasteiger partial charge < -0.3 is 35.0 Å². The summed E-state index contributed by atoms with van der Waals surface area (Å²) in [6.45, 7) is 10.4. The molecule has 1 aliphatic heterocycles. The van der Waals surface area contributed by atoms with Crippen molar-refractivity contribution in [1.29, 1.82) is 0 Å². The highest BCUT2D eigenvalue weighted by molar-refractivity contribution is 6.05. The quantitative estimate of drug-likeness (QED) is 0.436. The number of nitrogens with one attached hydrogen (secondary N) is 2. The number of anilines is 1. The van der Waals surface area contributed by atoms with Gasteiger partial charge in [0, 0.05) is 62.3 Å². The van der Waals surface area contributed by atoms with Crippen molar-refractivity contribution in [2.45, 2.75) is 78.2 Å². The molecule has 3 rings (SSSR count). The Labute approximate surface area is 254 Å². The number of likely N-dealkylation sites (N-methyl/N-ethyl adjacent to an activating group) is 1. The first-order valence-electron chi connectivity index (χ1n) is 15.1. The molecule has 1 aromatic carbocycles. The standard InChI is InChI=1S/C32H47N5O6/c1-21(2)34-32(41)36(6)19-29-22(3)18-37(23(4)20-38)31(40)27-17-26(35-30(39)25-12-14-33-15-13-25)10-11-28(27)43-24(5)9-7-8-16-42-29/h10-15,17,21-24,29,38H,7-9,16,18-20H2,1-6H3,(H,34,41)(H,35,39)/t22-,23-,24+,29+/m0/s1. The molecule has 236 valence electrons. The summed E-state index contributed by atoms with van der Waals surface area (Å²) in [5, 5.41) is 15.9. The summed E-state index contributed by atoms with van der Waals surface area (Å²) in [4.78, 5) is 46.9. The molecule has 0 fully saturated rings. The topological polar surface area (TPSA) is 133 Å². The molecule has 43 heavy (non-hydrogen) atoms. The molecule has 0 saturated heterocycles. The number of ether oxygens (including phenoxy) is 2. The molecule has 4 amide bonds. The van der Waals surface area contributed by atoms with Gasteiger partial charge in [-0.1, -0.05) is 6.92 Å². The highest BCUT2D eigenvalue weighted by Gasteiger charge is 2.31. The highest BCUT2D eigenvalue weighted by atomic mass is 16.5. The van der Waals surface area contributed by atoms with E-state index >= 15 is 0 Å². The largest absolute Gasteiger partial charge is 0.490 e. The van der Waals surface area contributed by atoms with Gasteiger partial charge in [0.15, 0.2) is 0 Å². The minimum atomic E-state index is -0.509. The smallest absolute Gasteiger partial charge is 0.317 e. The summed E-state index contributed by atoms with van der Waals surface area (Å²) in [5.41, 5.74) is 1.17. The van der Waals surface area contributed by atoms with Crippen LogP contribution in [0.2, 0.25) is 0 Å². The van der Waals surface area contributed by atoms with Crippen LogP contribution in [0, 0.1) is 5.92 Å². The molecular weight excluding hydrogens is 550 g/mol. The van der Waals surface area contributed by atoms with Crippen molar-refractivity contribution in [3.05, 3.63) is 53.9 Å². The Morgan fingerprint density at radius 3 is 2.53 bits per heavy atom. The van der Waals surface area contributed by atoms with E-state index in [2.05, 4.69) is 15.6 Å². The van der Waals surface area contributed by atoms with E-state index in [0.29, 0.717) is 30.2 Å². The zero-order valence-corrected chi connectivity index (χ0v) is 26.2. The third kappa shape index (κ3) is 9.93. The maximum Gasteiger partial charge on any atom is 0.317 e. The fraction of sp³-hybridized carbons (Fsp3) is 0.562. The summed E-state index contributed by atoms with van der Waals surface area (Å²) in [7, 11) is 1.73. The Hall–Kier alpha value is -3.70. The normalized spacial score (nSPS) is 20.8. The number of fused-ring (bicyclic) bond motifs is 1. The minimum Gasteiger partial charge on any atom is -0.490 e. The van der Waals surface area contributed by atoms with Crippen molar-refractivity contribution in [2.75, 3.05) is 38.7 Å². The van der Waals surface area contributed by atoms with Crippen molar-refractivity contribution in [3.63, 3.8) is 0 Å². The molecule has 2 heterocycles. The number of rotatable bonds is 7. The molecule has 1 aromatic heterocycles. The van der Waals surface area contributed by atoms with Gasteiger partial charge in [-0.25, -0.2) is 4.79 Å². The van der Waals surface area contributed by atoms with E-state index in [1.54, 1.807) is 54.1 Å². The average molecular weight is 598 g/mol. The van der Waals surface area contributed by atoms with Crippen molar-refractivity contribution in [3.8, 4) is 5.75 Å². The summed E-state index contributed by atoms with van der Waals surface area (Å²) in [6.07, 6.45) is 5.01. The van der Waals surface area contributed by atoms with Crippen LogP contribution in [0.25, 0.3) is 0 Å². The SMILES string of the molecule is CC(C)NC(=O)N(C)C[C@H]1OCCCC[C@@H](C)Oc2ccc(NC(=O)c3ccncc3)cc2C(=O)N([C@@H](C)CO)C[C@@H]1C. The average Bonchev–Trinajstić information content (AvgIpc) is 2.98. The Morgan fingerprint density at radius 1 is 1.14 bits per heavy atom. The fourth-order valence-electron chi connectivity index (χ4n) is 4.88. The van der Waals surface area contributed by atoms with E-state index in [0.717, 1.165) is 19.3 Å². The second-order valence-electron chi connectivity index (χ2n) is 11.7. The molecule has 0 spiro atoms. The number of carbonyl (C=O) groups excluding carboxylic acids is 3. The van der Waals surface area contributed by atoms with Gasteiger partial charge in [0.05, 0.1) is 30.4 Å². The number of aliphatic hydroxyl groups is 1. The number of aromatic nitrogens is 1. The minimum absolute atomic E-state index is 0.000505. The Bertz CT molecular complexity index is 1210. The molecule has 0 aliphatic carbocycles. The van der Waals surface area contributed by atoms with Gasteiger partial charge in [-0.15, -0.1) is 0 Å². The Kier molecular flexibility index (Phi) is 12.8. The zero-order chi connectivity index (χ0) is 31.5. The lowest BCUT2D eigenvalue weighted by Crippen LogP contribution is -2.49. The first kappa shape index (κ1) is 33.8. The zero-order valence-electron chi connectivity index (χ0n) is 26.2. The van der Waals surface area contributed by atoms with Crippen LogP contribution in [0.1, 0.15) is 74.6 Å². The summed E-state index contributed by atoms with van der Waals surface area (Å²) >= 11 is 0. The summed E-state index contributed by atoms with van der Waals surface area (Å²) in [5.74, 6) is -0.424. The number of urea groups is 1. The third-order valence-electron chi connectivity index (χ3n) is 7.46. The van der Waals surface area contributed by atoms with Crippen molar-refractivity contribution in [2.24, 2.45) is 5.92 Å². The Morgan fingerprint density at radius 2 is 1.86 bits per heavy atom. The fourth-order valence-corrected chi connectivity index (χ4v) is 4.88. The van der Waals surface area contributed by atoms with E-state index in [1.807, 2.05) is 27.7 Å². The first-order valence-corrected chi connectivity index (χ1v) is 15.1. The van der Waals surface area contributed by atoms with E-state index in [1.165, 1.54) is 12.4 Å². The van der Waals surface area contributed by atoms with Gasteiger partial charge in [-0.3, -0.25) is 14.6 Å². The lowest BCUT2D eigenvalue weighted by molar-refractivity contribution is -0.0122. The van der Waals surface area contributed by atoms with Gasteiger partial charge >= 0.3 is 6.03 Å². The predicted octanol–water partition coefficient (Wildman–Crippen LogP) is 4.18. The van der Waals surface area contributed by atoms with E-state index < -0.39 is 6.04 Å². The first-order chi connectivity index (χ1) is 20.5. The van der Waals surface area contributed by atoms with Crippen LogP contribution in [0.5, 0.6) is 5.75 Å². The number of hydrogen-bond donors (Lipinski definition) is 3. The molecule has 2 aromatic rings. The Balaban J connectivity index is 1.94. The lowest BCUT2D eigenvalue weighted by Gasteiger charge is -2.36. The molecule has 3 N–H and O–H groups in total. The maximum atomic E-state index is 14.2. The molecule has 0 radical (unpaired) electrons. The molecule has 1 aliphatic rings. The van der Waals surface area contributed by atoms with E-state index in [9.17, 15) is 19.5 Å². The van der Waals surface area contributed by atoms with Crippen LogP contribution in [0.3, 0.4) is 0 Å². The monoisotopic (exact) mass is 597 g/mol. The number of aliphatic hydroxyl groups excluding tert-OH is 1. The van der Waals surface area contributed by atoms with Crippen LogP contribution in [0.15, 0.2) is 42.7 Å². The van der Waals surface area contributed by atoms with Crippen LogP contribution in [-0.2, 0) is 4.74 Å². The molecule has 0 bridgehead atoms. The number of carbonyl (C=O) groups is 3. The van der Waals surface area contributed by atoms with Gasteiger partial charge in [-0.05, 0) is 77.3 Å². The molecular formula is C32H47N5O6. The van der Waals surface area contributed by atoms with Crippen LogP contribution in [0.4, 0.5) is 10.5 Å². The van der Waals surface area contributed by atoms with E-state index in [4.69, 9.17) is 9.47 Å². The summed E-state index contributed by atoms with van der Waals surface area (Å²) in [6, 6.07) is 7.56. The molecule has 4 atom stereocenters. The van der Waals surface area contributed by atoms with Crippen molar-refractivity contribution >= 4 is 23.5 Å². The molecule has 11 nitrogen and oxygen atoms in total. The number of hydrogen-bond acceptors (Lipinski definition) is 7. The van der Waals surface area contributed by atoms with E-state index in [-0.39, 0.29) is 60.7 Å². The summed E-state index contributed by atoms with van der Waals surface area (Å²) < 4.78 is 12.6. The third-order valence-corrected chi connectivity index (χ3v) is 7.46. The number of amides is 4. The lowest BCUT2D eigenvalue weighted by atomic mass is 10.0. The number of benzene rings is 1. The van der Waals surface area contributed by atoms with Gasteiger partial charge in [0.2, 0.25) is 0 Å². The molecule has 0 unspecified atom stereocenters. The second-order valence-corrected chi connectivity index (χ2v) is 11.7. The maximum absolute atomic E-state index is 14.2.